The van der Waals surface area contributed by atoms with E-state index in [1.165, 1.54) is 5.56 Å². The van der Waals surface area contributed by atoms with Gasteiger partial charge in [0.1, 0.15) is 17.0 Å². The van der Waals surface area contributed by atoms with Gasteiger partial charge >= 0.3 is 0 Å². The van der Waals surface area contributed by atoms with Crippen LogP contribution in [0.15, 0.2) is 48.0 Å². The normalized spacial score (nSPS) is 10.9. The minimum Gasteiger partial charge on any atom is -0.321 e. The van der Waals surface area contributed by atoms with Crippen molar-refractivity contribution in [2.24, 2.45) is 0 Å². The molecule has 0 N–H and O–H groups in total. The largest absolute Gasteiger partial charge is 0.321 e. The molecule has 4 nitrogen and oxygen atoms in total. The molecule has 0 radical (unpaired) electrons. The molecule has 3 rings (SSSR count). The quantitative estimate of drug-likeness (QED) is 0.533. The first-order valence-corrected chi connectivity index (χ1v) is 6.84. The smallest absolute Gasteiger partial charge is 0.183 e. The first-order valence-electron chi connectivity index (χ1n) is 5.62. The van der Waals surface area contributed by atoms with Gasteiger partial charge < -0.3 is 4.57 Å². The highest BCUT2D eigenvalue weighted by atomic mass is 32.2. The second kappa shape index (κ2) is 4.78. The molecule has 90 valence electrons. The van der Waals surface area contributed by atoms with E-state index in [0.717, 1.165) is 17.3 Å². The summed E-state index contributed by atoms with van der Waals surface area (Å²) in [5, 5.41) is 1.10. The van der Waals surface area contributed by atoms with Crippen LogP contribution in [0.5, 0.6) is 0 Å². The van der Waals surface area contributed by atoms with E-state index in [9.17, 15) is 0 Å². The van der Waals surface area contributed by atoms with Crippen LogP contribution >= 0.6 is 11.8 Å². The first kappa shape index (κ1) is 11.2. The molecule has 0 unspecified atom stereocenters. The molecule has 0 fully saturated rings. The van der Waals surface area contributed by atoms with E-state index in [0.29, 0.717) is 5.82 Å². The SMILES string of the molecule is CSc1c2ncnc-2ncn1Cc1ccccc1. The molecule has 0 aliphatic carbocycles. The van der Waals surface area contributed by atoms with Gasteiger partial charge in [-0.25, -0.2) is 15.0 Å². The summed E-state index contributed by atoms with van der Waals surface area (Å²) >= 11 is 1.67. The second-order valence-corrected chi connectivity index (χ2v) is 4.71. The Kier molecular flexibility index (Phi) is 2.98. The maximum Gasteiger partial charge on any atom is 0.183 e. The maximum absolute atomic E-state index is 4.32. The standard InChI is InChI=1S/C13H12N4S/c1-18-13-11-12(15-8-14-11)16-9-17(13)7-10-5-3-2-4-6-10/h2-6,8-9H,7H2,1H3. The molecule has 1 aromatic rings. The van der Waals surface area contributed by atoms with Crippen molar-refractivity contribution in [1.82, 2.24) is 19.5 Å². The van der Waals surface area contributed by atoms with Crippen LogP contribution in [0.1, 0.15) is 5.56 Å². The van der Waals surface area contributed by atoms with Gasteiger partial charge in [0.25, 0.3) is 0 Å². The van der Waals surface area contributed by atoms with E-state index >= 15 is 0 Å². The van der Waals surface area contributed by atoms with Crippen LogP contribution in [0, 0.1) is 0 Å². The molecule has 2 aliphatic heterocycles. The Morgan fingerprint density at radius 2 is 1.94 bits per heavy atom. The Morgan fingerprint density at radius 1 is 1.11 bits per heavy atom. The average molecular weight is 256 g/mol. The fourth-order valence-corrected chi connectivity index (χ4v) is 2.61. The number of aromatic nitrogens is 4. The summed E-state index contributed by atoms with van der Waals surface area (Å²) in [4.78, 5) is 12.7. The number of hydrogen-bond acceptors (Lipinski definition) is 4. The van der Waals surface area contributed by atoms with Gasteiger partial charge in [-0.15, -0.1) is 11.8 Å². The fraction of sp³-hybridized carbons (Fsp3) is 0.154. The summed E-state index contributed by atoms with van der Waals surface area (Å²) in [5.74, 6) is 0.712. The number of fused-ring (bicyclic) bond motifs is 1. The molecule has 1 aromatic carbocycles. The third kappa shape index (κ3) is 1.97. The Balaban J connectivity index is 2.04. The molecular formula is C13H12N4S. The Morgan fingerprint density at radius 3 is 2.72 bits per heavy atom. The maximum atomic E-state index is 4.32. The number of hydrogen-bond donors (Lipinski definition) is 0. The van der Waals surface area contributed by atoms with Crippen LogP contribution in [0.4, 0.5) is 0 Å². The number of thioether (sulfide) groups is 1. The van der Waals surface area contributed by atoms with Crippen molar-refractivity contribution < 1.29 is 0 Å². The minimum atomic E-state index is 0.712. The summed E-state index contributed by atoms with van der Waals surface area (Å²) in [5.41, 5.74) is 2.12. The third-order valence-corrected chi connectivity index (χ3v) is 3.57. The lowest BCUT2D eigenvalue weighted by atomic mass is 10.2. The lowest BCUT2D eigenvalue weighted by Gasteiger charge is -2.13. The Bertz CT molecular complexity index is 620. The molecular weight excluding hydrogens is 244 g/mol. The number of nitrogens with zero attached hydrogens (tertiary/aromatic N) is 4. The fourth-order valence-electron chi connectivity index (χ4n) is 1.93. The highest BCUT2D eigenvalue weighted by Crippen LogP contribution is 2.27. The number of imidazole rings is 1. The summed E-state index contributed by atoms with van der Waals surface area (Å²) in [6, 6.07) is 10.3. The van der Waals surface area contributed by atoms with Crippen LogP contribution in [0.3, 0.4) is 0 Å². The molecule has 2 aliphatic rings. The van der Waals surface area contributed by atoms with Crippen LogP contribution in [-0.4, -0.2) is 25.8 Å². The van der Waals surface area contributed by atoms with Gasteiger partial charge in [-0.05, 0) is 11.8 Å². The van der Waals surface area contributed by atoms with Crippen molar-refractivity contribution in [3.63, 3.8) is 0 Å². The molecule has 0 spiro atoms. The molecule has 0 aromatic heterocycles. The van der Waals surface area contributed by atoms with Crippen molar-refractivity contribution in [2.75, 3.05) is 6.26 Å². The first-order chi connectivity index (χ1) is 8.88. The van der Waals surface area contributed by atoms with Gasteiger partial charge in [0.15, 0.2) is 5.82 Å². The van der Waals surface area contributed by atoms with Crippen molar-refractivity contribution in [2.45, 2.75) is 11.6 Å². The minimum absolute atomic E-state index is 0.712. The van der Waals surface area contributed by atoms with Gasteiger partial charge in [0, 0.05) is 6.54 Å². The third-order valence-electron chi connectivity index (χ3n) is 2.75. The van der Waals surface area contributed by atoms with E-state index in [1.54, 1.807) is 18.1 Å². The van der Waals surface area contributed by atoms with Gasteiger partial charge in [0.05, 0.1) is 6.33 Å². The Labute approximate surface area is 109 Å². The molecule has 0 saturated heterocycles. The van der Waals surface area contributed by atoms with E-state index in [-0.39, 0.29) is 0 Å². The summed E-state index contributed by atoms with van der Waals surface area (Å²) in [6.45, 7) is 0.798. The Hall–Kier alpha value is -1.88. The highest BCUT2D eigenvalue weighted by molar-refractivity contribution is 7.98. The predicted molar refractivity (Wildman–Crippen MR) is 71.8 cm³/mol. The predicted octanol–water partition coefficient (Wildman–Crippen LogP) is 2.55. The molecule has 18 heavy (non-hydrogen) atoms. The van der Waals surface area contributed by atoms with Gasteiger partial charge in [-0.3, -0.25) is 0 Å². The van der Waals surface area contributed by atoms with Gasteiger partial charge in [-0.2, -0.15) is 0 Å². The van der Waals surface area contributed by atoms with Crippen LogP contribution in [0.2, 0.25) is 0 Å². The van der Waals surface area contributed by atoms with Crippen molar-refractivity contribution >= 4 is 11.8 Å². The van der Waals surface area contributed by atoms with E-state index in [2.05, 4.69) is 31.7 Å². The lowest BCUT2D eigenvalue weighted by molar-refractivity contribution is 0.691. The topological polar surface area (TPSA) is 43.6 Å². The van der Waals surface area contributed by atoms with Gasteiger partial charge in [0.2, 0.25) is 0 Å². The summed E-state index contributed by atoms with van der Waals surface area (Å²) in [6.07, 6.45) is 5.44. The molecule has 0 saturated carbocycles. The van der Waals surface area contributed by atoms with Crippen LogP contribution in [0.25, 0.3) is 11.5 Å². The van der Waals surface area contributed by atoms with Gasteiger partial charge in [-0.1, -0.05) is 30.3 Å². The zero-order valence-electron chi connectivity index (χ0n) is 9.95. The average Bonchev–Trinajstić information content (AvgIpc) is 2.88. The molecule has 0 bridgehead atoms. The zero-order valence-corrected chi connectivity index (χ0v) is 10.8. The molecule has 0 amide bonds. The number of rotatable bonds is 3. The van der Waals surface area contributed by atoms with E-state index < -0.39 is 0 Å². The molecule has 2 heterocycles. The second-order valence-electron chi connectivity index (χ2n) is 3.91. The van der Waals surface area contributed by atoms with Crippen LogP contribution in [-0.2, 0) is 6.54 Å². The summed E-state index contributed by atoms with van der Waals surface area (Å²) in [7, 11) is 0. The van der Waals surface area contributed by atoms with Crippen molar-refractivity contribution in [3.8, 4) is 11.5 Å². The zero-order chi connectivity index (χ0) is 12.4. The highest BCUT2D eigenvalue weighted by Gasteiger charge is 2.15. The van der Waals surface area contributed by atoms with Crippen molar-refractivity contribution in [1.29, 1.82) is 0 Å². The lowest BCUT2D eigenvalue weighted by Crippen LogP contribution is -2.07. The van der Waals surface area contributed by atoms with Crippen molar-refractivity contribution in [3.05, 3.63) is 48.5 Å². The van der Waals surface area contributed by atoms with E-state index in [1.807, 2.05) is 30.8 Å². The molecule has 0 atom stereocenters. The monoisotopic (exact) mass is 256 g/mol. The summed E-state index contributed by atoms with van der Waals surface area (Å²) < 4.78 is 2.11. The molecule has 5 heteroatoms. The van der Waals surface area contributed by atoms with E-state index in [4.69, 9.17) is 0 Å². The number of benzene rings is 1. The van der Waals surface area contributed by atoms with Crippen LogP contribution < -0.4 is 0 Å².